The van der Waals surface area contributed by atoms with Crippen LogP contribution in [0, 0.1) is 10.1 Å². The summed E-state index contributed by atoms with van der Waals surface area (Å²) in [5, 5.41) is 13.7. The summed E-state index contributed by atoms with van der Waals surface area (Å²) in [6.45, 7) is 0. The molecule has 0 fully saturated rings. The number of aromatic nitrogens is 2. The van der Waals surface area contributed by atoms with Crippen LogP contribution >= 0.6 is 15.9 Å². The Labute approximate surface area is 85.0 Å². The molecule has 0 amide bonds. The summed E-state index contributed by atoms with van der Waals surface area (Å²) < 4.78 is 9.80. The van der Waals surface area contributed by atoms with Crippen molar-refractivity contribution in [2.45, 2.75) is 0 Å². The summed E-state index contributed by atoms with van der Waals surface area (Å²) in [6, 6.07) is 2.60. The molecule has 0 N–H and O–H groups in total. The molecular weight excluding hydrogens is 258 g/mol. The summed E-state index contributed by atoms with van der Waals surface area (Å²) >= 11 is 2.97. The monoisotopic (exact) mass is 259 g/mol. The summed E-state index contributed by atoms with van der Waals surface area (Å²) in [7, 11) is 0. The Balaban J connectivity index is 2.38. The van der Waals surface area contributed by atoms with Gasteiger partial charge in [-0.05, 0) is 27.2 Å². The van der Waals surface area contributed by atoms with Crippen LogP contribution in [0.5, 0.6) is 0 Å². The van der Waals surface area contributed by atoms with E-state index in [0.717, 1.165) is 0 Å². The van der Waals surface area contributed by atoms with Crippen molar-refractivity contribution in [2.75, 3.05) is 0 Å². The van der Waals surface area contributed by atoms with E-state index in [4.69, 9.17) is 8.94 Å². The van der Waals surface area contributed by atoms with Crippen molar-refractivity contribution in [3.05, 3.63) is 27.0 Å². The quantitative estimate of drug-likeness (QED) is 0.605. The normalized spacial score (nSPS) is 10.4. The van der Waals surface area contributed by atoms with Crippen LogP contribution in [0.25, 0.3) is 11.7 Å². The number of nitro groups is 1. The topological polar surface area (TPSA) is 95.2 Å². The molecule has 0 bridgehead atoms. The van der Waals surface area contributed by atoms with Crippen molar-refractivity contribution in [3.8, 4) is 11.7 Å². The fourth-order valence-electron chi connectivity index (χ4n) is 0.846. The first-order chi connectivity index (χ1) is 6.66. The Morgan fingerprint density at radius 3 is 2.79 bits per heavy atom. The van der Waals surface area contributed by atoms with E-state index in [1.807, 2.05) is 0 Å². The molecule has 0 atom stereocenters. The first-order valence-electron chi connectivity index (χ1n) is 3.40. The Kier molecular flexibility index (Phi) is 2.04. The SMILES string of the molecule is O=[N+]([O-])c1ccc(-c2nc(Br)no2)o1. The van der Waals surface area contributed by atoms with Gasteiger partial charge in [-0.15, -0.1) is 0 Å². The highest BCUT2D eigenvalue weighted by Crippen LogP contribution is 2.25. The van der Waals surface area contributed by atoms with Crippen LogP contribution < -0.4 is 0 Å². The van der Waals surface area contributed by atoms with Crippen LogP contribution in [0.1, 0.15) is 0 Å². The molecule has 8 heteroatoms. The molecule has 2 heterocycles. The summed E-state index contributed by atoms with van der Waals surface area (Å²) in [5.41, 5.74) is 0. The smallest absolute Gasteiger partial charge is 0.395 e. The van der Waals surface area contributed by atoms with Gasteiger partial charge in [0.25, 0.3) is 5.89 Å². The Bertz CT molecular complexity index is 477. The van der Waals surface area contributed by atoms with Gasteiger partial charge in [0, 0.05) is 0 Å². The zero-order valence-corrected chi connectivity index (χ0v) is 8.09. The summed E-state index contributed by atoms with van der Waals surface area (Å²) in [5.74, 6) is -0.116. The van der Waals surface area contributed by atoms with Gasteiger partial charge in [0.05, 0.1) is 6.07 Å². The molecule has 2 rings (SSSR count). The summed E-state index contributed by atoms with van der Waals surface area (Å²) in [4.78, 5) is 13.4. The molecule has 0 aliphatic heterocycles. The van der Waals surface area contributed by atoms with E-state index in [1.165, 1.54) is 12.1 Å². The molecule has 0 aromatic carbocycles. The minimum atomic E-state index is -0.644. The molecule has 0 unspecified atom stereocenters. The molecule has 0 aliphatic carbocycles. The average molecular weight is 260 g/mol. The van der Waals surface area contributed by atoms with Crippen molar-refractivity contribution >= 4 is 21.8 Å². The highest BCUT2D eigenvalue weighted by Gasteiger charge is 2.17. The third-order valence-electron chi connectivity index (χ3n) is 1.38. The number of furan rings is 1. The Morgan fingerprint density at radius 2 is 2.29 bits per heavy atom. The zero-order chi connectivity index (χ0) is 10.1. The molecule has 0 saturated heterocycles. The van der Waals surface area contributed by atoms with Crippen LogP contribution in [0.3, 0.4) is 0 Å². The van der Waals surface area contributed by atoms with Gasteiger partial charge >= 0.3 is 5.88 Å². The van der Waals surface area contributed by atoms with Gasteiger partial charge in [-0.3, -0.25) is 10.1 Å². The van der Waals surface area contributed by atoms with Crippen LogP contribution in [0.15, 0.2) is 25.8 Å². The van der Waals surface area contributed by atoms with Crippen molar-refractivity contribution in [1.82, 2.24) is 10.1 Å². The number of halogens is 1. The second-order valence-electron chi connectivity index (χ2n) is 2.26. The number of hydrogen-bond acceptors (Lipinski definition) is 6. The van der Waals surface area contributed by atoms with E-state index in [2.05, 4.69) is 26.1 Å². The second-order valence-corrected chi connectivity index (χ2v) is 2.97. The van der Waals surface area contributed by atoms with Gasteiger partial charge in [0.2, 0.25) is 4.73 Å². The molecule has 0 saturated carbocycles. The van der Waals surface area contributed by atoms with Crippen molar-refractivity contribution < 1.29 is 13.9 Å². The maximum atomic E-state index is 10.3. The van der Waals surface area contributed by atoms with Gasteiger partial charge in [0.15, 0.2) is 5.76 Å². The molecule has 14 heavy (non-hydrogen) atoms. The minimum Gasteiger partial charge on any atom is -0.395 e. The molecule has 0 aliphatic rings. The largest absolute Gasteiger partial charge is 0.433 e. The predicted octanol–water partition coefficient (Wildman–Crippen LogP) is 2.00. The lowest BCUT2D eigenvalue weighted by atomic mass is 10.4. The Hall–Kier alpha value is -1.70. The average Bonchev–Trinajstić information content (AvgIpc) is 2.70. The van der Waals surface area contributed by atoms with Gasteiger partial charge < -0.3 is 8.94 Å². The third kappa shape index (κ3) is 1.51. The van der Waals surface area contributed by atoms with E-state index in [-0.39, 0.29) is 22.3 Å². The fraction of sp³-hybridized carbons (Fsp3) is 0. The van der Waals surface area contributed by atoms with Crippen LogP contribution in [-0.4, -0.2) is 15.1 Å². The van der Waals surface area contributed by atoms with Gasteiger partial charge in [-0.1, -0.05) is 0 Å². The minimum absolute atomic E-state index is 0.0879. The first kappa shape index (κ1) is 8.88. The molecule has 7 nitrogen and oxygen atoms in total. The van der Waals surface area contributed by atoms with E-state index in [1.54, 1.807) is 0 Å². The van der Waals surface area contributed by atoms with Crippen molar-refractivity contribution in [2.24, 2.45) is 0 Å². The lowest BCUT2D eigenvalue weighted by Crippen LogP contribution is -1.82. The number of rotatable bonds is 2. The number of nitrogens with zero attached hydrogens (tertiary/aromatic N) is 3. The van der Waals surface area contributed by atoms with E-state index in [9.17, 15) is 10.1 Å². The van der Waals surface area contributed by atoms with Crippen LogP contribution in [-0.2, 0) is 0 Å². The third-order valence-corrected chi connectivity index (χ3v) is 1.71. The highest BCUT2D eigenvalue weighted by molar-refractivity contribution is 9.10. The van der Waals surface area contributed by atoms with Crippen molar-refractivity contribution in [1.29, 1.82) is 0 Å². The Morgan fingerprint density at radius 1 is 1.50 bits per heavy atom. The molecule has 2 aromatic rings. The first-order valence-corrected chi connectivity index (χ1v) is 4.20. The van der Waals surface area contributed by atoms with E-state index < -0.39 is 4.92 Å². The highest BCUT2D eigenvalue weighted by atomic mass is 79.9. The predicted molar refractivity (Wildman–Crippen MR) is 46.4 cm³/mol. The van der Waals surface area contributed by atoms with Crippen molar-refractivity contribution in [3.63, 3.8) is 0 Å². The molecular formula is C6H2BrN3O4. The molecule has 2 aromatic heterocycles. The van der Waals surface area contributed by atoms with Gasteiger partial charge in [0.1, 0.15) is 4.92 Å². The number of hydrogen-bond donors (Lipinski definition) is 0. The van der Waals surface area contributed by atoms with Crippen LogP contribution in [0.2, 0.25) is 0 Å². The van der Waals surface area contributed by atoms with Gasteiger partial charge in [-0.2, -0.15) is 4.98 Å². The molecule has 72 valence electrons. The fourth-order valence-corrected chi connectivity index (χ4v) is 1.08. The van der Waals surface area contributed by atoms with E-state index in [0.29, 0.717) is 0 Å². The maximum Gasteiger partial charge on any atom is 0.433 e. The summed E-state index contributed by atoms with van der Waals surface area (Å²) in [6.07, 6.45) is 0. The van der Waals surface area contributed by atoms with Gasteiger partial charge in [-0.25, -0.2) is 0 Å². The zero-order valence-electron chi connectivity index (χ0n) is 6.51. The lowest BCUT2D eigenvalue weighted by molar-refractivity contribution is -0.401. The molecule has 0 radical (unpaired) electrons. The maximum absolute atomic E-state index is 10.3. The van der Waals surface area contributed by atoms with Crippen LogP contribution in [0.4, 0.5) is 5.88 Å². The standard InChI is InChI=1S/C6H2BrN3O4/c7-6-8-5(14-9-6)3-1-2-4(13-3)10(11)12/h1-2H. The second kappa shape index (κ2) is 3.22. The lowest BCUT2D eigenvalue weighted by Gasteiger charge is -1.83. The molecule has 0 spiro atoms. The van der Waals surface area contributed by atoms with E-state index >= 15 is 0 Å².